The van der Waals surface area contributed by atoms with Gasteiger partial charge in [0.2, 0.25) is 6.79 Å². The molecule has 7 heteroatoms. The molecule has 0 spiro atoms. The van der Waals surface area contributed by atoms with Gasteiger partial charge in [0.05, 0.1) is 12.8 Å². The van der Waals surface area contributed by atoms with Gasteiger partial charge in [-0.3, -0.25) is 4.90 Å². The van der Waals surface area contributed by atoms with Gasteiger partial charge in [-0.15, -0.1) is 0 Å². The lowest BCUT2D eigenvalue weighted by molar-refractivity contribution is 0.140. The smallest absolute Gasteiger partial charge is 0.231 e. The Labute approximate surface area is 158 Å². The van der Waals surface area contributed by atoms with Crippen molar-refractivity contribution in [2.45, 2.75) is 26.9 Å². The van der Waals surface area contributed by atoms with Gasteiger partial charge in [-0.1, -0.05) is 6.07 Å². The number of benzene rings is 1. The van der Waals surface area contributed by atoms with Crippen LogP contribution >= 0.6 is 0 Å². The summed E-state index contributed by atoms with van der Waals surface area (Å²) in [7, 11) is 1.72. The number of hydrogen-bond donors (Lipinski definition) is 0. The molecule has 3 heterocycles. The number of fused-ring (bicyclic) bond motifs is 2. The molecular weight excluding hydrogens is 344 g/mol. The summed E-state index contributed by atoms with van der Waals surface area (Å²) in [6.07, 6.45) is 1.91. The molecule has 0 amide bonds. The van der Waals surface area contributed by atoms with Crippen LogP contribution in [-0.2, 0) is 17.8 Å². The summed E-state index contributed by atoms with van der Waals surface area (Å²) in [4.78, 5) is 7.02. The SMILES string of the molecule is COCCN(Cc1ccc2c(c1)OCO2)Cc1cnn2c(C)cc(C)nc12. The highest BCUT2D eigenvalue weighted by molar-refractivity contribution is 5.48. The fourth-order valence-corrected chi connectivity index (χ4v) is 3.40. The van der Waals surface area contributed by atoms with E-state index in [1.807, 2.05) is 42.8 Å². The van der Waals surface area contributed by atoms with E-state index in [2.05, 4.69) is 16.1 Å². The molecule has 0 unspecified atom stereocenters. The zero-order valence-corrected chi connectivity index (χ0v) is 15.9. The van der Waals surface area contributed by atoms with E-state index in [-0.39, 0.29) is 0 Å². The molecule has 0 bridgehead atoms. The van der Waals surface area contributed by atoms with Gasteiger partial charge in [-0.25, -0.2) is 9.50 Å². The van der Waals surface area contributed by atoms with E-state index in [9.17, 15) is 0 Å². The van der Waals surface area contributed by atoms with Crippen LogP contribution in [0.4, 0.5) is 0 Å². The molecule has 2 aromatic heterocycles. The number of rotatable bonds is 7. The van der Waals surface area contributed by atoms with Crippen LogP contribution in [0.5, 0.6) is 11.5 Å². The molecule has 0 fully saturated rings. The van der Waals surface area contributed by atoms with E-state index in [4.69, 9.17) is 19.2 Å². The zero-order valence-electron chi connectivity index (χ0n) is 15.9. The highest BCUT2D eigenvalue weighted by Gasteiger charge is 2.17. The fourth-order valence-electron chi connectivity index (χ4n) is 3.40. The van der Waals surface area contributed by atoms with Crippen molar-refractivity contribution < 1.29 is 14.2 Å². The predicted octanol–water partition coefficient (Wildman–Crippen LogP) is 2.72. The lowest BCUT2D eigenvalue weighted by Gasteiger charge is -2.21. The third-order valence-corrected chi connectivity index (χ3v) is 4.70. The van der Waals surface area contributed by atoms with Crippen LogP contribution in [0, 0.1) is 13.8 Å². The van der Waals surface area contributed by atoms with Crippen molar-refractivity contribution in [1.29, 1.82) is 0 Å². The number of aromatic nitrogens is 3. The lowest BCUT2D eigenvalue weighted by atomic mass is 10.1. The highest BCUT2D eigenvalue weighted by Crippen LogP contribution is 2.33. The maximum atomic E-state index is 5.50. The molecule has 1 aliphatic rings. The number of nitrogens with zero attached hydrogens (tertiary/aromatic N) is 4. The minimum absolute atomic E-state index is 0.291. The Kier molecular flexibility index (Phi) is 4.96. The van der Waals surface area contributed by atoms with E-state index in [0.717, 1.165) is 53.7 Å². The topological polar surface area (TPSA) is 61.1 Å². The number of aryl methyl sites for hydroxylation is 2. The van der Waals surface area contributed by atoms with Gasteiger partial charge in [0.15, 0.2) is 17.1 Å². The highest BCUT2D eigenvalue weighted by atomic mass is 16.7. The van der Waals surface area contributed by atoms with Crippen molar-refractivity contribution >= 4 is 5.65 Å². The monoisotopic (exact) mass is 368 g/mol. The Morgan fingerprint density at radius 1 is 1.15 bits per heavy atom. The summed E-state index contributed by atoms with van der Waals surface area (Å²) >= 11 is 0. The van der Waals surface area contributed by atoms with E-state index in [1.54, 1.807) is 7.11 Å². The van der Waals surface area contributed by atoms with Crippen molar-refractivity contribution in [2.24, 2.45) is 0 Å². The summed E-state index contributed by atoms with van der Waals surface area (Å²) in [5.41, 5.74) is 5.29. The third kappa shape index (κ3) is 3.74. The average Bonchev–Trinajstić information content (AvgIpc) is 3.26. The normalized spacial score (nSPS) is 13.0. The Bertz CT molecular complexity index is 954. The molecule has 142 valence electrons. The molecule has 1 aliphatic heterocycles. The Balaban J connectivity index is 1.57. The number of methoxy groups -OCH3 is 1. The molecule has 7 nitrogen and oxygen atoms in total. The second kappa shape index (κ2) is 7.54. The second-order valence-corrected chi connectivity index (χ2v) is 6.84. The summed E-state index contributed by atoms with van der Waals surface area (Å²) in [6.45, 7) is 7.35. The summed E-state index contributed by atoms with van der Waals surface area (Å²) in [6, 6.07) is 8.13. The average molecular weight is 368 g/mol. The third-order valence-electron chi connectivity index (χ3n) is 4.70. The van der Waals surface area contributed by atoms with Crippen LogP contribution < -0.4 is 9.47 Å². The lowest BCUT2D eigenvalue weighted by Crippen LogP contribution is -2.26. The Morgan fingerprint density at radius 3 is 2.85 bits per heavy atom. The van der Waals surface area contributed by atoms with Crippen LogP contribution in [0.25, 0.3) is 5.65 Å². The minimum atomic E-state index is 0.291. The van der Waals surface area contributed by atoms with Gasteiger partial charge in [0, 0.05) is 43.7 Å². The van der Waals surface area contributed by atoms with Crippen molar-refractivity contribution in [3.8, 4) is 11.5 Å². The first-order valence-electron chi connectivity index (χ1n) is 9.04. The van der Waals surface area contributed by atoms with Crippen LogP contribution in [0.1, 0.15) is 22.5 Å². The summed E-state index contributed by atoms with van der Waals surface area (Å²) in [5.74, 6) is 1.61. The standard InChI is InChI=1S/C20H24N4O3/c1-14-8-15(2)24-20(22-14)17(10-21-24)12-23(6-7-25-3)11-16-4-5-18-19(9-16)27-13-26-18/h4-5,8-10H,6-7,11-13H2,1-3H3. The quantitative estimate of drug-likeness (QED) is 0.639. The molecule has 0 radical (unpaired) electrons. The van der Waals surface area contributed by atoms with E-state index in [1.165, 1.54) is 5.56 Å². The first kappa shape index (κ1) is 17.8. The first-order chi connectivity index (χ1) is 13.1. The van der Waals surface area contributed by atoms with Gasteiger partial charge in [0.25, 0.3) is 0 Å². The van der Waals surface area contributed by atoms with Crippen LogP contribution in [-0.4, -0.2) is 46.6 Å². The van der Waals surface area contributed by atoms with E-state index in [0.29, 0.717) is 13.4 Å². The molecular formula is C20H24N4O3. The van der Waals surface area contributed by atoms with Crippen molar-refractivity contribution in [2.75, 3.05) is 27.1 Å². The van der Waals surface area contributed by atoms with E-state index < -0.39 is 0 Å². The first-order valence-corrected chi connectivity index (χ1v) is 9.04. The van der Waals surface area contributed by atoms with Gasteiger partial charge in [-0.05, 0) is 37.6 Å². The maximum absolute atomic E-state index is 5.50. The summed E-state index contributed by atoms with van der Waals surface area (Å²) < 4.78 is 18.1. The minimum Gasteiger partial charge on any atom is -0.454 e. The Hall–Kier alpha value is -2.64. The maximum Gasteiger partial charge on any atom is 0.231 e. The predicted molar refractivity (Wildman–Crippen MR) is 101 cm³/mol. The molecule has 3 aromatic rings. The molecule has 0 aliphatic carbocycles. The van der Waals surface area contributed by atoms with E-state index >= 15 is 0 Å². The molecule has 27 heavy (non-hydrogen) atoms. The van der Waals surface area contributed by atoms with Crippen molar-refractivity contribution in [1.82, 2.24) is 19.5 Å². The molecule has 0 atom stereocenters. The van der Waals surface area contributed by atoms with Gasteiger partial charge in [-0.2, -0.15) is 5.10 Å². The molecule has 1 aromatic carbocycles. The number of ether oxygens (including phenoxy) is 3. The Morgan fingerprint density at radius 2 is 2.00 bits per heavy atom. The van der Waals surface area contributed by atoms with Crippen molar-refractivity contribution in [3.63, 3.8) is 0 Å². The molecule has 0 saturated heterocycles. The molecule has 0 N–H and O–H groups in total. The largest absolute Gasteiger partial charge is 0.454 e. The van der Waals surface area contributed by atoms with Crippen molar-refractivity contribution in [3.05, 3.63) is 53.0 Å². The van der Waals surface area contributed by atoms with Gasteiger partial charge >= 0.3 is 0 Å². The van der Waals surface area contributed by atoms with Crippen LogP contribution in [0.2, 0.25) is 0 Å². The van der Waals surface area contributed by atoms with Crippen LogP contribution in [0.15, 0.2) is 30.5 Å². The number of hydrogen-bond acceptors (Lipinski definition) is 6. The molecule has 0 saturated carbocycles. The summed E-state index contributed by atoms with van der Waals surface area (Å²) in [5, 5.41) is 4.51. The van der Waals surface area contributed by atoms with Gasteiger partial charge in [0.1, 0.15) is 0 Å². The second-order valence-electron chi connectivity index (χ2n) is 6.84. The van der Waals surface area contributed by atoms with Crippen LogP contribution in [0.3, 0.4) is 0 Å². The fraction of sp³-hybridized carbons (Fsp3) is 0.400. The zero-order chi connectivity index (χ0) is 18.8. The van der Waals surface area contributed by atoms with Gasteiger partial charge < -0.3 is 14.2 Å². The molecule has 4 rings (SSSR count).